The molecular weight excluding hydrogens is 351 g/mol. The molecule has 1 rings (SSSR count). The number of amides is 1. The molecule has 6 nitrogen and oxygen atoms in total. The number of halogens is 1. The van der Waals surface area contributed by atoms with Crippen molar-refractivity contribution in [3.63, 3.8) is 0 Å². The van der Waals surface area contributed by atoms with Gasteiger partial charge in [0.25, 0.3) is 11.6 Å². The van der Waals surface area contributed by atoms with Gasteiger partial charge in [0.2, 0.25) is 0 Å². The lowest BCUT2D eigenvalue weighted by Crippen LogP contribution is -2.31. The molecule has 0 bridgehead atoms. The lowest BCUT2D eigenvalue weighted by molar-refractivity contribution is -0.384. The smallest absolute Gasteiger partial charge is 0.274 e. The largest absolute Gasteiger partial charge is 0.278 e. The second-order valence-corrected chi connectivity index (χ2v) is 4.67. The zero-order valence-electron chi connectivity index (χ0n) is 10.1. The molecule has 98 valence electrons. The summed E-state index contributed by atoms with van der Waals surface area (Å²) >= 11 is 1.97. The summed E-state index contributed by atoms with van der Waals surface area (Å²) in [6.07, 6.45) is 0.741. The first-order chi connectivity index (χ1) is 8.51. The minimum Gasteiger partial charge on any atom is -0.274 e. The van der Waals surface area contributed by atoms with Gasteiger partial charge in [-0.05, 0) is 35.1 Å². The zero-order chi connectivity index (χ0) is 13.7. The number of benzene rings is 1. The first kappa shape index (κ1) is 14.8. The van der Waals surface area contributed by atoms with Gasteiger partial charge in [0.15, 0.2) is 0 Å². The molecule has 0 spiro atoms. The number of rotatable bonds is 5. The van der Waals surface area contributed by atoms with E-state index in [0.29, 0.717) is 10.1 Å². The highest BCUT2D eigenvalue weighted by molar-refractivity contribution is 14.1. The minimum atomic E-state index is -0.524. The van der Waals surface area contributed by atoms with E-state index in [2.05, 4.69) is 0 Å². The van der Waals surface area contributed by atoms with Gasteiger partial charge < -0.3 is 0 Å². The molecule has 0 saturated heterocycles. The molecule has 1 aromatic carbocycles. The molecule has 0 N–H and O–H groups in total. The minimum absolute atomic E-state index is 0.105. The van der Waals surface area contributed by atoms with E-state index < -0.39 is 4.92 Å². The van der Waals surface area contributed by atoms with Crippen LogP contribution in [-0.4, -0.2) is 29.5 Å². The third-order valence-electron chi connectivity index (χ3n) is 2.26. The SMILES string of the molecule is CCCN(OC)C(=O)c1cc([N+](=O)[O-])ccc1I. The molecule has 1 amide bonds. The van der Waals surface area contributed by atoms with Crippen LogP contribution in [0.4, 0.5) is 5.69 Å². The number of nitro groups is 1. The molecule has 0 fully saturated rings. The van der Waals surface area contributed by atoms with E-state index in [1.54, 1.807) is 6.07 Å². The van der Waals surface area contributed by atoms with Crippen LogP contribution in [0.1, 0.15) is 23.7 Å². The Balaban J connectivity index is 3.10. The van der Waals surface area contributed by atoms with Gasteiger partial charge in [-0.15, -0.1) is 0 Å². The standard InChI is InChI=1S/C11H13IN2O4/c1-3-6-13(18-2)11(15)9-7-8(14(16)17)4-5-10(9)12/h4-5,7H,3,6H2,1-2H3. The highest BCUT2D eigenvalue weighted by Gasteiger charge is 2.20. The zero-order valence-corrected chi connectivity index (χ0v) is 12.2. The Morgan fingerprint density at radius 3 is 2.72 bits per heavy atom. The summed E-state index contributed by atoms with van der Waals surface area (Å²) in [5, 5.41) is 11.9. The van der Waals surface area contributed by atoms with Crippen molar-refractivity contribution < 1.29 is 14.6 Å². The second kappa shape index (κ2) is 6.64. The number of hydrogen-bond donors (Lipinski definition) is 0. The van der Waals surface area contributed by atoms with Gasteiger partial charge >= 0.3 is 0 Å². The van der Waals surface area contributed by atoms with Crippen LogP contribution in [0.5, 0.6) is 0 Å². The highest BCUT2D eigenvalue weighted by atomic mass is 127. The first-order valence-electron chi connectivity index (χ1n) is 5.31. The fraction of sp³-hybridized carbons (Fsp3) is 0.364. The molecule has 0 saturated carbocycles. The number of hydrogen-bond acceptors (Lipinski definition) is 4. The number of non-ortho nitro benzene ring substituents is 1. The normalized spacial score (nSPS) is 10.2. The Morgan fingerprint density at radius 2 is 2.22 bits per heavy atom. The summed E-state index contributed by atoms with van der Waals surface area (Å²) in [7, 11) is 1.40. The van der Waals surface area contributed by atoms with Crippen molar-refractivity contribution in [2.45, 2.75) is 13.3 Å². The topological polar surface area (TPSA) is 72.7 Å². The lowest BCUT2D eigenvalue weighted by atomic mass is 10.2. The summed E-state index contributed by atoms with van der Waals surface area (Å²) in [5.41, 5.74) is 0.173. The Hall–Kier alpha value is -1.22. The Labute approximate surface area is 118 Å². The average Bonchev–Trinajstić information content (AvgIpc) is 2.35. The summed E-state index contributed by atoms with van der Waals surface area (Å²) in [4.78, 5) is 27.3. The predicted molar refractivity (Wildman–Crippen MR) is 74.1 cm³/mol. The Morgan fingerprint density at radius 1 is 1.56 bits per heavy atom. The number of hydroxylamine groups is 2. The molecule has 0 aliphatic heterocycles. The van der Waals surface area contributed by atoms with Crippen LogP contribution in [0.25, 0.3) is 0 Å². The average molecular weight is 364 g/mol. The maximum absolute atomic E-state index is 12.1. The molecule has 0 aromatic heterocycles. The molecular formula is C11H13IN2O4. The van der Waals surface area contributed by atoms with E-state index in [0.717, 1.165) is 6.42 Å². The molecule has 0 radical (unpaired) electrons. The van der Waals surface area contributed by atoms with Gasteiger partial charge in [-0.1, -0.05) is 6.92 Å². The predicted octanol–water partition coefficient (Wildman–Crippen LogP) is 2.61. The van der Waals surface area contributed by atoms with Crippen LogP contribution in [0.2, 0.25) is 0 Å². The van der Waals surface area contributed by atoms with Gasteiger partial charge in [0.1, 0.15) is 0 Å². The second-order valence-electron chi connectivity index (χ2n) is 3.51. The van der Waals surface area contributed by atoms with Crippen molar-refractivity contribution >= 4 is 34.2 Å². The van der Waals surface area contributed by atoms with Crippen molar-refractivity contribution in [3.8, 4) is 0 Å². The highest BCUT2D eigenvalue weighted by Crippen LogP contribution is 2.21. The van der Waals surface area contributed by atoms with Gasteiger partial charge in [0, 0.05) is 22.2 Å². The van der Waals surface area contributed by atoms with E-state index in [4.69, 9.17) is 4.84 Å². The van der Waals surface area contributed by atoms with E-state index in [-0.39, 0.29) is 17.2 Å². The Kier molecular flexibility index (Phi) is 5.48. The molecule has 0 unspecified atom stereocenters. The fourth-order valence-corrected chi connectivity index (χ4v) is 1.97. The summed E-state index contributed by atoms with van der Waals surface area (Å²) in [5.74, 6) is -0.368. The van der Waals surface area contributed by atoms with Crippen molar-refractivity contribution in [3.05, 3.63) is 37.4 Å². The van der Waals surface area contributed by atoms with Crippen LogP contribution in [0.15, 0.2) is 18.2 Å². The molecule has 0 aliphatic carbocycles. The summed E-state index contributed by atoms with van der Waals surface area (Å²) in [6, 6.07) is 4.19. The van der Waals surface area contributed by atoms with Crippen LogP contribution in [-0.2, 0) is 4.84 Å². The van der Waals surface area contributed by atoms with Crippen LogP contribution in [0, 0.1) is 13.7 Å². The van der Waals surface area contributed by atoms with Gasteiger partial charge in [-0.3, -0.25) is 19.7 Å². The van der Waals surface area contributed by atoms with Crippen molar-refractivity contribution in [1.82, 2.24) is 5.06 Å². The number of nitro benzene ring substituents is 1. The first-order valence-corrected chi connectivity index (χ1v) is 6.39. The maximum atomic E-state index is 12.1. The third-order valence-corrected chi connectivity index (χ3v) is 3.21. The molecule has 0 atom stereocenters. The molecule has 18 heavy (non-hydrogen) atoms. The van der Waals surface area contributed by atoms with E-state index in [1.807, 2.05) is 29.5 Å². The monoisotopic (exact) mass is 364 g/mol. The van der Waals surface area contributed by atoms with Gasteiger partial charge in [-0.2, -0.15) is 0 Å². The van der Waals surface area contributed by atoms with Crippen LogP contribution < -0.4 is 0 Å². The number of carbonyl (C=O) groups is 1. The lowest BCUT2D eigenvalue weighted by Gasteiger charge is -2.19. The quantitative estimate of drug-likeness (QED) is 0.458. The molecule has 7 heteroatoms. The van der Waals surface area contributed by atoms with Gasteiger partial charge in [0.05, 0.1) is 17.6 Å². The Bertz CT molecular complexity index is 464. The number of carbonyl (C=O) groups excluding carboxylic acids is 1. The summed E-state index contributed by atoms with van der Waals surface area (Å²) < 4.78 is 0.654. The fourth-order valence-electron chi connectivity index (χ4n) is 1.40. The van der Waals surface area contributed by atoms with Crippen LogP contribution in [0.3, 0.4) is 0 Å². The third kappa shape index (κ3) is 3.39. The number of nitrogens with zero attached hydrogens (tertiary/aromatic N) is 2. The van der Waals surface area contributed by atoms with E-state index >= 15 is 0 Å². The van der Waals surface area contributed by atoms with Crippen LogP contribution >= 0.6 is 22.6 Å². The van der Waals surface area contributed by atoms with Crippen molar-refractivity contribution in [2.24, 2.45) is 0 Å². The van der Waals surface area contributed by atoms with Crippen molar-refractivity contribution in [1.29, 1.82) is 0 Å². The summed E-state index contributed by atoms with van der Waals surface area (Å²) in [6.45, 7) is 2.35. The molecule has 1 aromatic rings. The van der Waals surface area contributed by atoms with E-state index in [9.17, 15) is 14.9 Å². The van der Waals surface area contributed by atoms with Gasteiger partial charge in [-0.25, -0.2) is 5.06 Å². The van der Waals surface area contributed by atoms with Crippen molar-refractivity contribution in [2.75, 3.05) is 13.7 Å². The maximum Gasteiger partial charge on any atom is 0.278 e. The molecule has 0 heterocycles. The molecule has 0 aliphatic rings. The van der Waals surface area contributed by atoms with E-state index in [1.165, 1.54) is 24.3 Å².